The second kappa shape index (κ2) is 5.01. The molecule has 0 saturated heterocycles. The Morgan fingerprint density at radius 3 is 2.79 bits per heavy atom. The van der Waals surface area contributed by atoms with Crippen LogP contribution in [0.5, 0.6) is 0 Å². The van der Waals surface area contributed by atoms with Crippen molar-refractivity contribution in [1.82, 2.24) is 0 Å². The minimum absolute atomic E-state index is 0.299. The number of carbonyl (C=O) groups is 1. The van der Waals surface area contributed by atoms with Gasteiger partial charge in [0.1, 0.15) is 0 Å². The molecule has 1 rings (SSSR count). The van der Waals surface area contributed by atoms with Crippen LogP contribution < -0.4 is 0 Å². The third-order valence-corrected chi connectivity index (χ3v) is 2.31. The van der Waals surface area contributed by atoms with E-state index in [0.29, 0.717) is 18.1 Å². The van der Waals surface area contributed by atoms with Gasteiger partial charge in [-0.05, 0) is 31.0 Å². The van der Waals surface area contributed by atoms with E-state index < -0.39 is 0 Å². The summed E-state index contributed by atoms with van der Waals surface area (Å²) in [6, 6.07) is 5.50. The van der Waals surface area contributed by atoms with Crippen LogP contribution in [-0.4, -0.2) is 12.6 Å². The number of benzene rings is 1. The number of rotatable bonds is 3. The lowest BCUT2D eigenvalue weighted by atomic mass is 10.0. The molecule has 1 aromatic carbocycles. The molecule has 14 heavy (non-hydrogen) atoms. The quantitative estimate of drug-likeness (QED) is 0.569. The largest absolute Gasteiger partial charge is 0.462 e. The molecule has 0 aliphatic rings. The van der Waals surface area contributed by atoms with E-state index in [1.165, 1.54) is 0 Å². The van der Waals surface area contributed by atoms with Gasteiger partial charge in [-0.1, -0.05) is 12.1 Å². The Bertz CT molecular complexity index is 334. The maximum absolute atomic E-state index is 11.5. The summed E-state index contributed by atoms with van der Waals surface area (Å²) in [4.78, 5) is 11.5. The minimum atomic E-state index is -0.299. The predicted octanol–water partition coefficient (Wildman–Crippen LogP) is 2.91. The molecule has 0 radical (unpaired) electrons. The molecule has 0 aromatic heterocycles. The van der Waals surface area contributed by atoms with Crippen LogP contribution in [0.25, 0.3) is 0 Å². The van der Waals surface area contributed by atoms with Crippen molar-refractivity contribution in [2.24, 2.45) is 0 Å². The molecule has 0 heterocycles. The molecule has 0 atom stereocenters. The molecule has 0 unspecified atom stereocenters. The van der Waals surface area contributed by atoms with Crippen LogP contribution in [0.4, 0.5) is 0 Å². The van der Waals surface area contributed by atoms with Gasteiger partial charge in [-0.25, -0.2) is 4.79 Å². The standard InChI is InChI=1S/C11H13ClO2/c1-3-14-11(13)9-6-4-5-8(2)10(9)7-12/h4-6H,3,7H2,1-2H3. The predicted molar refractivity (Wildman–Crippen MR) is 56.7 cm³/mol. The van der Waals surface area contributed by atoms with E-state index in [2.05, 4.69) is 0 Å². The van der Waals surface area contributed by atoms with Crippen molar-refractivity contribution in [1.29, 1.82) is 0 Å². The van der Waals surface area contributed by atoms with E-state index in [0.717, 1.165) is 11.1 Å². The third-order valence-electron chi connectivity index (χ3n) is 2.04. The van der Waals surface area contributed by atoms with Gasteiger partial charge < -0.3 is 4.74 Å². The van der Waals surface area contributed by atoms with Crippen molar-refractivity contribution in [3.63, 3.8) is 0 Å². The molecule has 0 fully saturated rings. The summed E-state index contributed by atoms with van der Waals surface area (Å²) in [5, 5.41) is 0. The minimum Gasteiger partial charge on any atom is -0.462 e. The first-order chi connectivity index (χ1) is 6.70. The molecule has 3 heteroatoms. The van der Waals surface area contributed by atoms with E-state index in [1.807, 2.05) is 19.1 Å². The summed E-state index contributed by atoms with van der Waals surface area (Å²) in [7, 11) is 0. The molecule has 0 amide bonds. The van der Waals surface area contributed by atoms with E-state index in [-0.39, 0.29) is 5.97 Å². The third kappa shape index (κ3) is 2.26. The van der Waals surface area contributed by atoms with Crippen LogP contribution in [0, 0.1) is 6.92 Å². The fourth-order valence-electron chi connectivity index (χ4n) is 1.28. The molecule has 0 bridgehead atoms. The number of hydrogen-bond acceptors (Lipinski definition) is 2. The highest BCUT2D eigenvalue weighted by Gasteiger charge is 2.12. The number of hydrogen-bond donors (Lipinski definition) is 0. The first-order valence-corrected chi connectivity index (χ1v) is 5.05. The Morgan fingerprint density at radius 1 is 1.50 bits per heavy atom. The average molecular weight is 213 g/mol. The van der Waals surface area contributed by atoms with Gasteiger partial charge in [-0.15, -0.1) is 11.6 Å². The van der Waals surface area contributed by atoms with Crippen LogP contribution in [0.3, 0.4) is 0 Å². The van der Waals surface area contributed by atoms with Gasteiger partial charge >= 0.3 is 5.97 Å². The van der Waals surface area contributed by atoms with Gasteiger partial charge in [0.15, 0.2) is 0 Å². The number of ether oxygens (including phenoxy) is 1. The van der Waals surface area contributed by atoms with Crippen molar-refractivity contribution < 1.29 is 9.53 Å². The van der Waals surface area contributed by atoms with Gasteiger partial charge in [0, 0.05) is 5.88 Å². The summed E-state index contributed by atoms with van der Waals surface area (Å²) < 4.78 is 4.93. The summed E-state index contributed by atoms with van der Waals surface area (Å²) in [5.74, 6) is 0.0349. The highest BCUT2D eigenvalue weighted by molar-refractivity contribution is 6.17. The maximum atomic E-state index is 11.5. The smallest absolute Gasteiger partial charge is 0.338 e. The van der Waals surface area contributed by atoms with Gasteiger partial charge in [-0.3, -0.25) is 0 Å². The fourth-order valence-corrected chi connectivity index (χ4v) is 1.63. The van der Waals surface area contributed by atoms with Crippen molar-refractivity contribution in [2.75, 3.05) is 6.61 Å². The zero-order chi connectivity index (χ0) is 10.6. The SMILES string of the molecule is CCOC(=O)c1cccc(C)c1CCl. The zero-order valence-corrected chi connectivity index (χ0v) is 9.10. The van der Waals surface area contributed by atoms with Crippen molar-refractivity contribution >= 4 is 17.6 Å². The van der Waals surface area contributed by atoms with Crippen molar-refractivity contribution in [3.8, 4) is 0 Å². The summed E-state index contributed by atoms with van der Waals surface area (Å²) in [6.45, 7) is 4.10. The lowest BCUT2D eigenvalue weighted by Crippen LogP contribution is -2.08. The zero-order valence-electron chi connectivity index (χ0n) is 8.34. The first-order valence-electron chi connectivity index (χ1n) is 4.52. The topological polar surface area (TPSA) is 26.3 Å². The Kier molecular flexibility index (Phi) is 3.96. The van der Waals surface area contributed by atoms with Crippen LogP contribution >= 0.6 is 11.6 Å². The fraction of sp³-hybridized carbons (Fsp3) is 0.364. The first kappa shape index (κ1) is 11.1. The number of esters is 1. The summed E-state index contributed by atoms with van der Waals surface area (Å²) in [6.07, 6.45) is 0. The molecule has 0 N–H and O–H groups in total. The molecule has 2 nitrogen and oxygen atoms in total. The Labute approximate surface area is 88.8 Å². The number of alkyl halides is 1. The van der Waals surface area contributed by atoms with Crippen molar-refractivity contribution in [2.45, 2.75) is 19.7 Å². The monoisotopic (exact) mass is 212 g/mol. The Morgan fingerprint density at radius 2 is 2.21 bits per heavy atom. The van der Waals surface area contributed by atoms with E-state index in [4.69, 9.17) is 16.3 Å². The van der Waals surface area contributed by atoms with Gasteiger partial charge in [0.05, 0.1) is 12.2 Å². The molecule has 0 aliphatic carbocycles. The van der Waals surface area contributed by atoms with E-state index >= 15 is 0 Å². The Hall–Kier alpha value is -1.02. The Balaban J connectivity index is 3.07. The second-order valence-electron chi connectivity index (χ2n) is 2.96. The molecular formula is C11H13ClO2. The summed E-state index contributed by atoms with van der Waals surface area (Å²) in [5.41, 5.74) is 2.44. The molecular weight excluding hydrogens is 200 g/mol. The number of carbonyl (C=O) groups excluding carboxylic acids is 1. The van der Waals surface area contributed by atoms with Crippen molar-refractivity contribution in [3.05, 3.63) is 34.9 Å². The van der Waals surface area contributed by atoms with E-state index in [1.54, 1.807) is 13.0 Å². The van der Waals surface area contributed by atoms with Crippen LogP contribution in [0.2, 0.25) is 0 Å². The maximum Gasteiger partial charge on any atom is 0.338 e. The lowest BCUT2D eigenvalue weighted by molar-refractivity contribution is 0.0525. The highest BCUT2D eigenvalue weighted by atomic mass is 35.5. The number of halogens is 1. The normalized spacial score (nSPS) is 9.93. The van der Waals surface area contributed by atoms with Gasteiger partial charge in [-0.2, -0.15) is 0 Å². The molecule has 0 aliphatic heterocycles. The van der Waals surface area contributed by atoms with E-state index in [9.17, 15) is 4.79 Å². The molecule has 0 saturated carbocycles. The van der Waals surface area contributed by atoms with Gasteiger partial charge in [0.25, 0.3) is 0 Å². The van der Waals surface area contributed by atoms with Crippen LogP contribution in [0.15, 0.2) is 18.2 Å². The lowest BCUT2D eigenvalue weighted by Gasteiger charge is -2.08. The molecule has 76 valence electrons. The van der Waals surface area contributed by atoms with Gasteiger partial charge in [0.2, 0.25) is 0 Å². The average Bonchev–Trinajstić information content (AvgIpc) is 2.17. The number of aryl methyl sites for hydroxylation is 1. The molecule has 1 aromatic rings. The second-order valence-corrected chi connectivity index (χ2v) is 3.22. The molecule has 0 spiro atoms. The highest BCUT2D eigenvalue weighted by Crippen LogP contribution is 2.17. The van der Waals surface area contributed by atoms with Crippen LogP contribution in [-0.2, 0) is 10.6 Å². The summed E-state index contributed by atoms with van der Waals surface area (Å²) >= 11 is 5.77. The van der Waals surface area contributed by atoms with Crippen LogP contribution in [0.1, 0.15) is 28.4 Å².